The summed E-state index contributed by atoms with van der Waals surface area (Å²) in [5.74, 6) is -0.213. The van der Waals surface area contributed by atoms with Crippen molar-refractivity contribution in [3.8, 4) is 11.4 Å². The van der Waals surface area contributed by atoms with Gasteiger partial charge >= 0.3 is 23.5 Å². The van der Waals surface area contributed by atoms with Crippen molar-refractivity contribution in [2.45, 2.75) is 24.5 Å². The van der Waals surface area contributed by atoms with Crippen LogP contribution in [0, 0.1) is 0 Å². The Morgan fingerprint density at radius 2 is 1.66 bits per heavy atom. The second-order valence-corrected chi connectivity index (χ2v) is 12.1. The number of aromatic amines is 1. The number of aromatic nitrogens is 4. The molecule has 0 aliphatic carbocycles. The van der Waals surface area contributed by atoms with E-state index in [1.165, 1.54) is 4.57 Å². The van der Waals surface area contributed by atoms with Gasteiger partial charge in [-0.15, -0.1) is 0 Å². The van der Waals surface area contributed by atoms with Crippen molar-refractivity contribution in [3.63, 3.8) is 0 Å². The molecule has 1 aliphatic rings. The number of nitrogens with two attached hydrogens (primary N) is 1. The van der Waals surface area contributed by atoms with E-state index in [4.69, 9.17) is 20.3 Å². The van der Waals surface area contributed by atoms with Gasteiger partial charge in [-0.2, -0.15) is 13.6 Å². The summed E-state index contributed by atoms with van der Waals surface area (Å²) < 4.78 is 52.8. The highest BCUT2D eigenvalue weighted by Crippen LogP contribution is 2.66. The third kappa shape index (κ3) is 6.27. The van der Waals surface area contributed by atoms with E-state index in [9.17, 15) is 38.5 Å². The van der Waals surface area contributed by atoms with Crippen LogP contribution in [0.1, 0.15) is 6.23 Å². The molecule has 208 valence electrons. The number of ether oxygens (including phenoxy) is 1. The second kappa shape index (κ2) is 10.3. The molecule has 2 aromatic heterocycles. The minimum Gasteiger partial charge on any atom is -0.387 e. The average molecular weight is 599 g/mol. The van der Waals surface area contributed by atoms with Crippen LogP contribution in [0.25, 0.3) is 22.6 Å². The van der Waals surface area contributed by atoms with Crippen LogP contribution in [0.5, 0.6) is 0 Å². The van der Waals surface area contributed by atoms with E-state index >= 15 is 0 Å². The number of nitrogens with one attached hydrogen (secondary N) is 1. The molecule has 19 nitrogen and oxygen atoms in total. The van der Waals surface area contributed by atoms with Gasteiger partial charge in [0.15, 0.2) is 17.4 Å². The Balaban J connectivity index is 1.62. The standard InChI is InChI=1S/C16H20N5O14P3/c17-16-19-13-9(14(24)20-16)18-12(7-4-2-1-3-5-7)21(13)15-11(23)10(22)8(33-15)6-32-37(28,29)35-38(30,31)34-36(25,26)27/h1-5,8,10-11,15,22-23H,6H2,(H,28,29)(H,30,31)(H2,25,26,27)(H3,17,19,20,24)/t8-,10?,11?,15-/m1/s1. The summed E-state index contributed by atoms with van der Waals surface area (Å²) in [5.41, 5.74) is 5.09. The van der Waals surface area contributed by atoms with Gasteiger partial charge in [-0.25, -0.2) is 18.7 Å². The number of imidazole rings is 1. The predicted molar refractivity (Wildman–Crippen MR) is 124 cm³/mol. The van der Waals surface area contributed by atoms with Gasteiger partial charge in [0, 0.05) is 5.56 Å². The summed E-state index contributed by atoms with van der Waals surface area (Å²) in [4.78, 5) is 59.1. The fourth-order valence-electron chi connectivity index (χ4n) is 3.58. The normalized spacial score (nSPS) is 25.3. The van der Waals surface area contributed by atoms with Crippen molar-refractivity contribution in [1.29, 1.82) is 0 Å². The Hall–Kier alpha value is -2.34. The van der Waals surface area contributed by atoms with Crippen molar-refractivity contribution < 1.29 is 61.4 Å². The monoisotopic (exact) mass is 599 g/mol. The fourth-order valence-corrected chi connectivity index (χ4v) is 6.61. The van der Waals surface area contributed by atoms with Crippen LogP contribution in [0.15, 0.2) is 35.1 Å². The molecule has 9 N–H and O–H groups in total. The van der Waals surface area contributed by atoms with E-state index in [1.807, 2.05) is 0 Å². The zero-order chi connectivity index (χ0) is 28.0. The van der Waals surface area contributed by atoms with Gasteiger partial charge in [-0.1, -0.05) is 30.3 Å². The highest BCUT2D eigenvalue weighted by molar-refractivity contribution is 7.66. The van der Waals surface area contributed by atoms with Crippen LogP contribution in [0.4, 0.5) is 5.95 Å². The highest BCUT2D eigenvalue weighted by Gasteiger charge is 2.47. The summed E-state index contributed by atoms with van der Waals surface area (Å²) >= 11 is 0. The molecule has 38 heavy (non-hydrogen) atoms. The highest BCUT2D eigenvalue weighted by atomic mass is 31.3. The first-order chi connectivity index (χ1) is 17.6. The van der Waals surface area contributed by atoms with Crippen LogP contribution in [0.3, 0.4) is 0 Å². The number of rotatable bonds is 9. The number of nitrogen functional groups attached to an aromatic ring is 1. The first-order valence-electron chi connectivity index (χ1n) is 10.2. The van der Waals surface area contributed by atoms with Gasteiger partial charge in [0.1, 0.15) is 24.1 Å². The van der Waals surface area contributed by atoms with Crippen LogP contribution >= 0.6 is 23.5 Å². The minimum absolute atomic E-state index is 0.0778. The van der Waals surface area contributed by atoms with Crippen LogP contribution in [-0.4, -0.2) is 74.2 Å². The van der Waals surface area contributed by atoms with Crippen LogP contribution in [-0.2, 0) is 31.6 Å². The lowest BCUT2D eigenvalue weighted by atomic mass is 10.1. The van der Waals surface area contributed by atoms with Gasteiger partial charge in [0.2, 0.25) is 5.95 Å². The molecule has 0 spiro atoms. The molecule has 4 unspecified atom stereocenters. The van der Waals surface area contributed by atoms with E-state index in [2.05, 4.69) is 28.1 Å². The minimum atomic E-state index is -5.77. The van der Waals surface area contributed by atoms with Crippen molar-refractivity contribution in [2.24, 2.45) is 0 Å². The van der Waals surface area contributed by atoms with Crippen molar-refractivity contribution >= 4 is 40.6 Å². The lowest BCUT2D eigenvalue weighted by Crippen LogP contribution is -2.33. The Kier molecular flexibility index (Phi) is 7.79. The Morgan fingerprint density at radius 1 is 1.00 bits per heavy atom. The largest absolute Gasteiger partial charge is 0.490 e. The molecule has 22 heteroatoms. The van der Waals surface area contributed by atoms with Crippen molar-refractivity contribution in [2.75, 3.05) is 12.3 Å². The SMILES string of the molecule is Nc1nc2c(nc(-c3ccccc3)n2[C@@H]2O[C@H](COP(=O)(O)OP(=O)(O)OP(=O)(O)O)C(O)C2O)c(=O)[nH]1. The number of phosphoric acid groups is 3. The van der Waals surface area contributed by atoms with Gasteiger partial charge in [0.25, 0.3) is 5.56 Å². The molecular weight excluding hydrogens is 579 g/mol. The lowest BCUT2D eigenvalue weighted by molar-refractivity contribution is -0.0495. The molecule has 1 aliphatic heterocycles. The summed E-state index contributed by atoms with van der Waals surface area (Å²) in [6.07, 6.45) is -6.65. The molecule has 4 rings (SSSR count). The van der Waals surface area contributed by atoms with Gasteiger partial charge in [0.05, 0.1) is 6.61 Å². The average Bonchev–Trinajstić information content (AvgIpc) is 3.28. The zero-order valence-corrected chi connectivity index (χ0v) is 21.3. The second-order valence-electron chi connectivity index (χ2n) is 7.73. The van der Waals surface area contributed by atoms with Gasteiger partial charge in [-0.05, 0) is 0 Å². The maximum atomic E-state index is 12.4. The number of fused-ring (bicyclic) bond motifs is 1. The summed E-state index contributed by atoms with van der Waals surface area (Å²) in [5, 5.41) is 21.2. The molecular formula is C16H20N5O14P3. The smallest absolute Gasteiger partial charge is 0.387 e. The molecule has 1 fully saturated rings. The van der Waals surface area contributed by atoms with E-state index in [-0.39, 0.29) is 22.9 Å². The van der Waals surface area contributed by atoms with Crippen molar-refractivity contribution in [3.05, 3.63) is 40.7 Å². The third-order valence-electron chi connectivity index (χ3n) is 5.01. The number of aliphatic hydroxyl groups is 2. The zero-order valence-electron chi connectivity index (χ0n) is 18.6. The third-order valence-corrected chi connectivity index (χ3v) is 8.81. The molecule has 1 aromatic carbocycles. The Morgan fingerprint density at radius 3 is 2.29 bits per heavy atom. The van der Waals surface area contributed by atoms with Crippen molar-refractivity contribution in [1.82, 2.24) is 19.5 Å². The summed E-state index contributed by atoms with van der Waals surface area (Å²) in [6.45, 7) is -1.04. The van der Waals surface area contributed by atoms with E-state index in [0.717, 1.165) is 0 Å². The van der Waals surface area contributed by atoms with E-state index in [0.29, 0.717) is 5.56 Å². The first-order valence-corrected chi connectivity index (χ1v) is 14.7. The Labute approximate surface area is 210 Å². The molecule has 6 atom stereocenters. The number of anilines is 1. The number of H-pyrrole nitrogens is 1. The fraction of sp³-hybridized carbons (Fsp3) is 0.312. The van der Waals surface area contributed by atoms with E-state index in [1.54, 1.807) is 30.3 Å². The lowest BCUT2D eigenvalue weighted by Gasteiger charge is -2.20. The summed E-state index contributed by atoms with van der Waals surface area (Å²) in [6, 6.07) is 8.29. The molecule has 0 amide bonds. The van der Waals surface area contributed by atoms with Gasteiger partial charge < -0.3 is 40.3 Å². The predicted octanol–water partition coefficient (Wildman–Crippen LogP) is -0.669. The maximum absolute atomic E-state index is 12.4. The molecule has 1 saturated heterocycles. The topological polar surface area (TPSA) is 299 Å². The molecule has 0 saturated carbocycles. The number of phosphoric ester groups is 1. The number of hydrogen-bond donors (Lipinski definition) is 8. The van der Waals surface area contributed by atoms with Crippen LogP contribution in [0.2, 0.25) is 0 Å². The van der Waals surface area contributed by atoms with Gasteiger partial charge in [-0.3, -0.25) is 18.9 Å². The first kappa shape index (κ1) is 28.7. The summed E-state index contributed by atoms with van der Waals surface area (Å²) in [7, 11) is -16.9. The van der Waals surface area contributed by atoms with E-state index < -0.39 is 60.2 Å². The Bertz CT molecular complexity index is 1540. The molecule has 0 bridgehead atoms. The molecule has 0 radical (unpaired) electrons. The number of nitrogens with zero attached hydrogens (tertiary/aromatic N) is 3. The molecule has 3 heterocycles. The molecule has 3 aromatic rings. The quantitative estimate of drug-likeness (QED) is 0.141. The number of benzene rings is 1. The van der Waals surface area contributed by atoms with Crippen LogP contribution < -0.4 is 11.3 Å². The number of aliphatic hydroxyl groups excluding tert-OH is 2. The number of hydrogen-bond acceptors (Lipinski definition) is 13. The maximum Gasteiger partial charge on any atom is 0.490 e.